The Morgan fingerprint density at radius 2 is 1.86 bits per heavy atom. The third-order valence-corrected chi connectivity index (χ3v) is 7.32. The number of nitrogens with one attached hydrogen (secondary N) is 1. The minimum atomic E-state index is -3.55. The minimum Gasteiger partial charge on any atom is -0.299 e. The second-order valence-corrected chi connectivity index (χ2v) is 9.12. The van der Waals surface area contributed by atoms with Crippen LogP contribution in [0.2, 0.25) is 0 Å². The highest BCUT2D eigenvalue weighted by Gasteiger charge is 2.65. The lowest BCUT2D eigenvalue weighted by molar-refractivity contribution is -0.128. The van der Waals surface area contributed by atoms with E-state index in [1.165, 1.54) is 0 Å². The van der Waals surface area contributed by atoms with E-state index >= 15 is 0 Å². The van der Waals surface area contributed by atoms with Crippen LogP contribution in [0.3, 0.4) is 0 Å². The lowest BCUT2D eigenvalue weighted by Gasteiger charge is -2.36. The number of carbonyl (C=O) groups is 1. The van der Waals surface area contributed by atoms with Crippen molar-refractivity contribution in [2.24, 2.45) is 16.7 Å². The zero-order valence-corrected chi connectivity index (χ0v) is 14.2. The summed E-state index contributed by atoms with van der Waals surface area (Å²) in [6, 6.07) is 7.24. The summed E-state index contributed by atoms with van der Waals surface area (Å²) in [4.78, 5) is 12.5. The molecule has 0 saturated heterocycles. The highest BCUT2D eigenvalue weighted by Crippen LogP contribution is 2.64. The topological polar surface area (TPSA) is 63.2 Å². The highest BCUT2D eigenvalue weighted by atomic mass is 32.2. The summed E-state index contributed by atoms with van der Waals surface area (Å²) in [5.41, 5.74) is 0.687. The Balaban J connectivity index is 1.85. The lowest BCUT2D eigenvalue weighted by atomic mass is 9.70. The monoisotopic (exact) mass is 321 g/mol. The number of hydrogen-bond acceptors (Lipinski definition) is 3. The third kappa shape index (κ3) is 2.26. The standard InChI is InChI=1S/C17H23NO3S/c1-12-4-6-14(7-5-12)18-22(20,21)11-17-9-8-13(10-15(17)19)16(17,2)3/h4-7,13,18H,8-11H2,1-3H3. The van der Waals surface area contributed by atoms with Gasteiger partial charge in [0.1, 0.15) is 5.78 Å². The maximum absolute atomic E-state index is 12.6. The van der Waals surface area contributed by atoms with Crippen LogP contribution < -0.4 is 4.72 Å². The lowest BCUT2D eigenvalue weighted by Crippen LogP contribution is -2.43. The molecule has 0 aliphatic heterocycles. The summed E-state index contributed by atoms with van der Waals surface area (Å²) in [6.45, 7) is 6.06. The van der Waals surface area contributed by atoms with Gasteiger partial charge in [-0.2, -0.15) is 0 Å². The zero-order chi connectivity index (χ0) is 16.2. The van der Waals surface area contributed by atoms with Gasteiger partial charge in [-0.3, -0.25) is 9.52 Å². The van der Waals surface area contributed by atoms with E-state index < -0.39 is 15.4 Å². The van der Waals surface area contributed by atoms with Crippen molar-refractivity contribution in [3.8, 4) is 0 Å². The van der Waals surface area contributed by atoms with Crippen molar-refractivity contribution in [3.63, 3.8) is 0 Å². The number of rotatable bonds is 4. The van der Waals surface area contributed by atoms with E-state index in [4.69, 9.17) is 0 Å². The average Bonchev–Trinajstić information content (AvgIpc) is 2.74. The van der Waals surface area contributed by atoms with E-state index in [2.05, 4.69) is 18.6 Å². The van der Waals surface area contributed by atoms with Gasteiger partial charge in [0.05, 0.1) is 11.2 Å². The Morgan fingerprint density at radius 3 is 2.36 bits per heavy atom. The molecule has 1 aromatic carbocycles. The number of ketones is 1. The maximum Gasteiger partial charge on any atom is 0.233 e. The number of sulfonamides is 1. The normalized spacial score (nSPS) is 29.8. The molecule has 4 nitrogen and oxygen atoms in total. The summed E-state index contributed by atoms with van der Waals surface area (Å²) < 4.78 is 27.8. The van der Waals surface area contributed by atoms with Crippen LogP contribution in [0, 0.1) is 23.7 Å². The van der Waals surface area contributed by atoms with Gasteiger partial charge in [-0.15, -0.1) is 0 Å². The fourth-order valence-electron chi connectivity index (χ4n) is 4.27. The summed E-state index contributed by atoms with van der Waals surface area (Å²) in [5.74, 6) is 0.355. The molecule has 2 unspecified atom stereocenters. The van der Waals surface area contributed by atoms with Crippen LogP contribution in [0.5, 0.6) is 0 Å². The quantitative estimate of drug-likeness (QED) is 0.926. The third-order valence-electron chi connectivity index (χ3n) is 5.90. The summed E-state index contributed by atoms with van der Waals surface area (Å²) in [5, 5.41) is 0. The van der Waals surface area contributed by atoms with Gasteiger partial charge in [-0.1, -0.05) is 31.5 Å². The molecule has 0 spiro atoms. The molecule has 1 N–H and O–H groups in total. The number of Topliss-reactive ketones (excluding diaryl/α,β-unsaturated/α-hetero) is 1. The molecule has 3 rings (SSSR count). The summed E-state index contributed by atoms with van der Waals surface area (Å²) in [6.07, 6.45) is 2.18. The number of hydrogen-bond donors (Lipinski definition) is 1. The summed E-state index contributed by atoms with van der Waals surface area (Å²) in [7, 11) is -3.55. The molecule has 0 radical (unpaired) electrons. The maximum atomic E-state index is 12.6. The molecule has 2 fully saturated rings. The van der Waals surface area contributed by atoms with E-state index in [-0.39, 0.29) is 17.0 Å². The molecule has 0 aromatic heterocycles. The molecule has 2 saturated carbocycles. The Morgan fingerprint density at radius 1 is 1.23 bits per heavy atom. The zero-order valence-electron chi connectivity index (χ0n) is 13.3. The van der Waals surface area contributed by atoms with Crippen LogP contribution in [0.4, 0.5) is 5.69 Å². The van der Waals surface area contributed by atoms with Crippen LogP contribution in [0.25, 0.3) is 0 Å². The van der Waals surface area contributed by atoms with Crippen LogP contribution in [0.15, 0.2) is 24.3 Å². The van der Waals surface area contributed by atoms with E-state index in [0.717, 1.165) is 12.0 Å². The van der Waals surface area contributed by atoms with Gasteiger partial charge in [-0.05, 0) is 43.2 Å². The Hall–Kier alpha value is -1.36. The molecule has 2 bridgehead atoms. The van der Waals surface area contributed by atoms with Crippen molar-refractivity contribution in [3.05, 3.63) is 29.8 Å². The second kappa shape index (κ2) is 4.82. The van der Waals surface area contributed by atoms with E-state index in [0.29, 0.717) is 24.4 Å². The van der Waals surface area contributed by atoms with Crippen molar-refractivity contribution < 1.29 is 13.2 Å². The van der Waals surface area contributed by atoms with E-state index in [1.807, 2.05) is 19.1 Å². The van der Waals surface area contributed by atoms with Gasteiger partial charge >= 0.3 is 0 Å². The van der Waals surface area contributed by atoms with Crippen molar-refractivity contribution in [2.75, 3.05) is 10.5 Å². The fraction of sp³-hybridized carbons (Fsp3) is 0.588. The van der Waals surface area contributed by atoms with Crippen LogP contribution in [-0.2, 0) is 14.8 Å². The first-order chi connectivity index (χ1) is 10.2. The van der Waals surface area contributed by atoms with Crippen LogP contribution in [0.1, 0.15) is 38.7 Å². The Bertz CT molecular complexity index is 706. The van der Waals surface area contributed by atoms with Gasteiger partial charge in [-0.25, -0.2) is 8.42 Å². The molecular weight excluding hydrogens is 298 g/mol. The number of anilines is 1. The predicted octanol–water partition coefficient (Wildman–Crippen LogP) is 3.13. The second-order valence-electron chi connectivity index (χ2n) is 7.39. The molecule has 0 heterocycles. The molecule has 120 valence electrons. The van der Waals surface area contributed by atoms with Gasteiger partial charge in [0.15, 0.2) is 0 Å². The smallest absolute Gasteiger partial charge is 0.233 e. The minimum absolute atomic E-state index is 0.101. The number of benzene rings is 1. The summed E-state index contributed by atoms with van der Waals surface area (Å²) >= 11 is 0. The van der Waals surface area contributed by atoms with Crippen molar-refractivity contribution >= 4 is 21.5 Å². The van der Waals surface area contributed by atoms with Crippen LogP contribution >= 0.6 is 0 Å². The first-order valence-corrected chi connectivity index (χ1v) is 9.42. The fourth-order valence-corrected chi connectivity index (χ4v) is 6.16. The molecule has 2 aliphatic rings. The van der Waals surface area contributed by atoms with Crippen LogP contribution in [-0.4, -0.2) is 20.0 Å². The first kappa shape index (κ1) is 15.5. The van der Waals surface area contributed by atoms with Crippen molar-refractivity contribution in [1.29, 1.82) is 0 Å². The molecule has 0 amide bonds. The average molecular weight is 321 g/mol. The van der Waals surface area contributed by atoms with E-state index in [1.54, 1.807) is 12.1 Å². The molecule has 2 atom stereocenters. The SMILES string of the molecule is Cc1ccc(NS(=O)(=O)CC23CCC(CC2=O)C3(C)C)cc1. The highest BCUT2D eigenvalue weighted by molar-refractivity contribution is 7.92. The van der Waals surface area contributed by atoms with Crippen molar-refractivity contribution in [1.82, 2.24) is 0 Å². The predicted molar refractivity (Wildman–Crippen MR) is 87.2 cm³/mol. The molecule has 2 aliphatic carbocycles. The first-order valence-electron chi connectivity index (χ1n) is 7.77. The van der Waals surface area contributed by atoms with E-state index in [9.17, 15) is 13.2 Å². The molecular formula is C17H23NO3S. The van der Waals surface area contributed by atoms with Gasteiger partial charge < -0.3 is 0 Å². The Kier molecular flexibility index (Phi) is 3.40. The molecule has 5 heteroatoms. The van der Waals surface area contributed by atoms with Gasteiger partial charge in [0.25, 0.3) is 0 Å². The van der Waals surface area contributed by atoms with Crippen molar-refractivity contribution in [2.45, 2.75) is 40.0 Å². The molecule has 1 aromatic rings. The number of fused-ring (bicyclic) bond motifs is 2. The van der Waals surface area contributed by atoms with Gasteiger partial charge in [0.2, 0.25) is 10.0 Å². The Labute approximate surface area is 132 Å². The number of aryl methyl sites for hydroxylation is 1. The number of carbonyl (C=O) groups excluding carboxylic acids is 1. The largest absolute Gasteiger partial charge is 0.299 e. The van der Waals surface area contributed by atoms with Gasteiger partial charge in [0, 0.05) is 12.1 Å². The molecule has 22 heavy (non-hydrogen) atoms.